The van der Waals surface area contributed by atoms with Gasteiger partial charge < -0.3 is 5.11 Å². The lowest BCUT2D eigenvalue weighted by Crippen LogP contribution is -2.12. The lowest BCUT2D eigenvalue weighted by Gasteiger charge is -2.05. The maximum atomic E-state index is 10.7. The molecule has 2 aromatic heterocycles. The maximum Gasteiger partial charge on any atom is 0.306 e. The maximum absolute atomic E-state index is 10.7. The minimum Gasteiger partial charge on any atom is -0.481 e. The zero-order chi connectivity index (χ0) is 10.8. The van der Waals surface area contributed by atoms with Crippen molar-refractivity contribution in [3.63, 3.8) is 0 Å². The van der Waals surface area contributed by atoms with E-state index in [1.165, 1.54) is 6.33 Å². The summed E-state index contributed by atoms with van der Waals surface area (Å²) in [6.45, 7) is 1.69. The van der Waals surface area contributed by atoms with Crippen LogP contribution in [0.4, 0.5) is 0 Å². The molecule has 0 fully saturated rings. The number of nitrogens with zero attached hydrogens (tertiary/aromatic N) is 3. The molecule has 0 aromatic carbocycles. The number of pyridine rings is 1. The summed E-state index contributed by atoms with van der Waals surface area (Å²) < 4.78 is 1.64. The highest BCUT2D eigenvalue weighted by molar-refractivity contribution is 5.69. The van der Waals surface area contributed by atoms with Crippen LogP contribution in [-0.4, -0.2) is 25.7 Å². The second-order valence-corrected chi connectivity index (χ2v) is 3.54. The molecule has 0 radical (unpaired) electrons. The molecule has 0 aliphatic carbocycles. The van der Waals surface area contributed by atoms with E-state index in [0.29, 0.717) is 6.42 Å². The molecular weight excluding hydrogens is 194 g/mol. The second-order valence-electron chi connectivity index (χ2n) is 3.54. The van der Waals surface area contributed by atoms with Crippen molar-refractivity contribution in [2.24, 2.45) is 5.92 Å². The Labute approximate surface area is 86.4 Å². The molecule has 0 bridgehead atoms. The number of hydrogen-bond acceptors (Lipinski definition) is 3. The standard InChI is InChI=1S/C10H11N3O2/c1-7(10(14)15)4-8-2-3-9-11-6-12-13(9)5-8/h2-3,5-7H,4H2,1H3,(H,14,15). The van der Waals surface area contributed by atoms with Crippen molar-refractivity contribution in [3.8, 4) is 0 Å². The lowest BCUT2D eigenvalue weighted by molar-refractivity contribution is -0.141. The van der Waals surface area contributed by atoms with E-state index in [-0.39, 0.29) is 5.92 Å². The monoisotopic (exact) mass is 205 g/mol. The number of carbonyl (C=O) groups is 1. The van der Waals surface area contributed by atoms with Crippen molar-refractivity contribution >= 4 is 11.6 Å². The lowest BCUT2D eigenvalue weighted by atomic mass is 10.0. The van der Waals surface area contributed by atoms with Crippen molar-refractivity contribution in [1.82, 2.24) is 14.6 Å². The third kappa shape index (κ3) is 1.96. The smallest absolute Gasteiger partial charge is 0.306 e. The van der Waals surface area contributed by atoms with E-state index in [4.69, 9.17) is 5.11 Å². The van der Waals surface area contributed by atoms with Crippen LogP contribution in [-0.2, 0) is 11.2 Å². The van der Waals surface area contributed by atoms with E-state index in [1.54, 1.807) is 11.4 Å². The average Bonchev–Trinajstić information content (AvgIpc) is 2.64. The highest BCUT2D eigenvalue weighted by Gasteiger charge is 2.11. The van der Waals surface area contributed by atoms with Gasteiger partial charge in [-0.3, -0.25) is 4.79 Å². The molecule has 1 N–H and O–H groups in total. The van der Waals surface area contributed by atoms with E-state index in [9.17, 15) is 4.79 Å². The summed E-state index contributed by atoms with van der Waals surface area (Å²) in [5.74, 6) is -1.17. The topological polar surface area (TPSA) is 67.5 Å². The summed E-state index contributed by atoms with van der Waals surface area (Å²) >= 11 is 0. The molecule has 2 aromatic rings. The first-order chi connectivity index (χ1) is 7.16. The van der Waals surface area contributed by atoms with Gasteiger partial charge in [0, 0.05) is 6.20 Å². The largest absolute Gasteiger partial charge is 0.481 e. The summed E-state index contributed by atoms with van der Waals surface area (Å²) in [4.78, 5) is 14.7. The van der Waals surface area contributed by atoms with Gasteiger partial charge in [-0.15, -0.1) is 0 Å². The molecular formula is C10H11N3O2. The van der Waals surface area contributed by atoms with Gasteiger partial charge in [0.05, 0.1) is 5.92 Å². The summed E-state index contributed by atoms with van der Waals surface area (Å²) in [6.07, 6.45) is 3.78. The fourth-order valence-electron chi connectivity index (χ4n) is 1.42. The van der Waals surface area contributed by atoms with Crippen molar-refractivity contribution in [2.75, 3.05) is 0 Å². The third-order valence-corrected chi connectivity index (χ3v) is 2.30. The van der Waals surface area contributed by atoms with Crippen molar-refractivity contribution < 1.29 is 9.90 Å². The van der Waals surface area contributed by atoms with Crippen molar-refractivity contribution in [3.05, 3.63) is 30.2 Å². The highest BCUT2D eigenvalue weighted by Crippen LogP contribution is 2.09. The predicted molar refractivity (Wildman–Crippen MR) is 53.5 cm³/mol. The Balaban J connectivity index is 2.24. The van der Waals surface area contributed by atoms with Gasteiger partial charge in [-0.05, 0) is 18.1 Å². The van der Waals surface area contributed by atoms with Crippen LogP contribution in [0.3, 0.4) is 0 Å². The molecule has 0 spiro atoms. The van der Waals surface area contributed by atoms with Gasteiger partial charge in [0.15, 0.2) is 5.65 Å². The number of rotatable bonds is 3. The number of carboxylic acid groups (broad SMARTS) is 1. The van der Waals surface area contributed by atoms with Crippen molar-refractivity contribution in [1.29, 1.82) is 0 Å². The quantitative estimate of drug-likeness (QED) is 0.811. The van der Waals surface area contributed by atoms with Gasteiger partial charge in [-0.1, -0.05) is 13.0 Å². The van der Waals surface area contributed by atoms with Gasteiger partial charge in [0.1, 0.15) is 6.33 Å². The molecule has 0 saturated carbocycles. The van der Waals surface area contributed by atoms with Crippen LogP contribution in [0.25, 0.3) is 5.65 Å². The predicted octanol–water partition coefficient (Wildman–Crippen LogP) is 0.992. The van der Waals surface area contributed by atoms with Gasteiger partial charge >= 0.3 is 5.97 Å². The average molecular weight is 205 g/mol. The van der Waals surface area contributed by atoms with E-state index >= 15 is 0 Å². The first kappa shape index (κ1) is 9.64. The number of hydrogen-bond donors (Lipinski definition) is 1. The molecule has 0 saturated heterocycles. The van der Waals surface area contributed by atoms with E-state index in [1.807, 2.05) is 18.3 Å². The van der Waals surface area contributed by atoms with Gasteiger partial charge in [-0.25, -0.2) is 9.50 Å². The number of fused-ring (bicyclic) bond motifs is 1. The van der Waals surface area contributed by atoms with E-state index in [2.05, 4.69) is 10.1 Å². The molecule has 15 heavy (non-hydrogen) atoms. The highest BCUT2D eigenvalue weighted by atomic mass is 16.4. The Kier molecular flexibility index (Phi) is 2.37. The van der Waals surface area contributed by atoms with Gasteiger partial charge in [-0.2, -0.15) is 5.10 Å². The van der Waals surface area contributed by atoms with Crippen LogP contribution in [0.1, 0.15) is 12.5 Å². The zero-order valence-corrected chi connectivity index (χ0v) is 8.29. The van der Waals surface area contributed by atoms with Crippen LogP contribution < -0.4 is 0 Å². The van der Waals surface area contributed by atoms with Crippen molar-refractivity contribution in [2.45, 2.75) is 13.3 Å². The first-order valence-electron chi connectivity index (χ1n) is 4.68. The molecule has 0 aliphatic heterocycles. The Bertz CT molecular complexity index is 492. The Hall–Kier alpha value is -1.91. The zero-order valence-electron chi connectivity index (χ0n) is 8.29. The molecule has 2 heterocycles. The van der Waals surface area contributed by atoms with Crippen LogP contribution in [0.5, 0.6) is 0 Å². The van der Waals surface area contributed by atoms with Gasteiger partial charge in [0.25, 0.3) is 0 Å². The molecule has 78 valence electrons. The fraction of sp³-hybridized carbons (Fsp3) is 0.300. The molecule has 1 atom stereocenters. The minimum atomic E-state index is -0.784. The molecule has 1 unspecified atom stereocenters. The van der Waals surface area contributed by atoms with E-state index < -0.39 is 5.97 Å². The van der Waals surface area contributed by atoms with Crippen LogP contribution in [0.2, 0.25) is 0 Å². The summed E-state index contributed by atoms with van der Waals surface area (Å²) in [5.41, 5.74) is 1.71. The minimum absolute atomic E-state index is 0.383. The molecule has 5 heteroatoms. The first-order valence-corrected chi connectivity index (χ1v) is 4.68. The van der Waals surface area contributed by atoms with Gasteiger partial charge in [0.2, 0.25) is 0 Å². The fourth-order valence-corrected chi connectivity index (χ4v) is 1.42. The number of aliphatic carboxylic acids is 1. The van der Waals surface area contributed by atoms with E-state index in [0.717, 1.165) is 11.2 Å². The van der Waals surface area contributed by atoms with Crippen LogP contribution >= 0.6 is 0 Å². The summed E-state index contributed by atoms with van der Waals surface area (Å²) in [7, 11) is 0. The van der Waals surface area contributed by atoms with Crippen LogP contribution in [0.15, 0.2) is 24.7 Å². The Morgan fingerprint density at radius 3 is 3.13 bits per heavy atom. The molecule has 5 nitrogen and oxygen atoms in total. The normalized spacial score (nSPS) is 12.9. The second kappa shape index (κ2) is 3.68. The Morgan fingerprint density at radius 2 is 2.40 bits per heavy atom. The number of carboxylic acids is 1. The molecule has 0 aliphatic rings. The SMILES string of the molecule is CC(Cc1ccc2ncnn2c1)C(=O)O. The van der Waals surface area contributed by atoms with Crippen LogP contribution in [0, 0.1) is 5.92 Å². The Morgan fingerprint density at radius 1 is 1.60 bits per heavy atom. The molecule has 2 rings (SSSR count). The number of aromatic nitrogens is 3. The third-order valence-electron chi connectivity index (χ3n) is 2.30. The summed E-state index contributed by atoms with van der Waals surface area (Å²) in [6, 6.07) is 3.71. The molecule has 0 amide bonds. The summed E-state index contributed by atoms with van der Waals surface area (Å²) in [5, 5.41) is 12.8.